The Bertz CT molecular complexity index is 368. The Kier molecular flexibility index (Phi) is 4.43. The lowest BCUT2D eigenvalue weighted by Gasteiger charge is -2.19. The number of carbonyl (C=O) groups is 1. The van der Waals surface area contributed by atoms with Crippen molar-refractivity contribution in [1.82, 2.24) is 5.32 Å². The van der Waals surface area contributed by atoms with Crippen molar-refractivity contribution < 1.29 is 14.3 Å². The average Bonchev–Trinajstić information content (AvgIpc) is 2.25. The maximum absolute atomic E-state index is 13.4. The molecule has 1 aromatic carbocycles. The summed E-state index contributed by atoms with van der Waals surface area (Å²) in [4.78, 5) is 10.8. The van der Waals surface area contributed by atoms with Gasteiger partial charge in [0.25, 0.3) is 0 Å². The monoisotopic (exact) mass is 225 g/mol. The molecule has 0 saturated carbocycles. The van der Waals surface area contributed by atoms with Gasteiger partial charge in [-0.3, -0.25) is 10.1 Å². The van der Waals surface area contributed by atoms with Gasteiger partial charge in [-0.25, -0.2) is 4.39 Å². The molecule has 16 heavy (non-hydrogen) atoms. The molecule has 0 fully saturated rings. The number of hydrogen-bond donors (Lipinski definition) is 2. The minimum Gasteiger partial charge on any atom is -0.480 e. The highest BCUT2D eigenvalue weighted by Gasteiger charge is 2.19. The molecule has 0 bridgehead atoms. The second-order valence-electron chi connectivity index (χ2n) is 3.71. The highest BCUT2D eigenvalue weighted by atomic mass is 19.1. The summed E-state index contributed by atoms with van der Waals surface area (Å²) in [5.74, 6) is -1.23. The van der Waals surface area contributed by atoms with Crippen LogP contribution in [0.2, 0.25) is 0 Å². The Hall–Kier alpha value is -1.42. The van der Waals surface area contributed by atoms with Gasteiger partial charge in [0.05, 0.1) is 0 Å². The zero-order chi connectivity index (χ0) is 12.1. The molecule has 2 atom stereocenters. The first-order chi connectivity index (χ1) is 7.56. The molecule has 0 spiro atoms. The van der Waals surface area contributed by atoms with Gasteiger partial charge in [-0.05, 0) is 19.4 Å². The van der Waals surface area contributed by atoms with E-state index in [4.69, 9.17) is 5.11 Å². The first-order valence-corrected chi connectivity index (χ1v) is 5.29. The van der Waals surface area contributed by atoms with Gasteiger partial charge in [0, 0.05) is 11.6 Å². The fourth-order valence-electron chi connectivity index (χ4n) is 1.58. The van der Waals surface area contributed by atoms with E-state index in [9.17, 15) is 9.18 Å². The minimum absolute atomic E-state index is 0.317. The van der Waals surface area contributed by atoms with Crippen molar-refractivity contribution in [3.05, 3.63) is 35.6 Å². The molecule has 3 nitrogen and oxygen atoms in total. The van der Waals surface area contributed by atoms with Crippen LogP contribution in [0.25, 0.3) is 0 Å². The Morgan fingerprint density at radius 1 is 1.50 bits per heavy atom. The Morgan fingerprint density at radius 2 is 2.12 bits per heavy atom. The molecule has 0 saturated heterocycles. The summed E-state index contributed by atoms with van der Waals surface area (Å²) in [6.07, 6.45) is 0.466. The van der Waals surface area contributed by atoms with Gasteiger partial charge >= 0.3 is 5.97 Å². The summed E-state index contributed by atoms with van der Waals surface area (Å²) in [6.45, 7) is 3.53. The van der Waals surface area contributed by atoms with E-state index in [2.05, 4.69) is 5.32 Å². The van der Waals surface area contributed by atoms with E-state index in [1.54, 1.807) is 32.0 Å². The van der Waals surface area contributed by atoms with Crippen LogP contribution in [0.4, 0.5) is 4.39 Å². The molecule has 0 aliphatic rings. The van der Waals surface area contributed by atoms with Crippen LogP contribution in [-0.2, 0) is 4.79 Å². The topological polar surface area (TPSA) is 49.3 Å². The fourth-order valence-corrected chi connectivity index (χ4v) is 1.58. The van der Waals surface area contributed by atoms with Crippen LogP contribution in [0, 0.1) is 5.82 Å². The normalized spacial score (nSPS) is 14.4. The first-order valence-electron chi connectivity index (χ1n) is 5.29. The van der Waals surface area contributed by atoms with E-state index in [0.29, 0.717) is 12.0 Å². The zero-order valence-corrected chi connectivity index (χ0v) is 9.40. The first kappa shape index (κ1) is 12.6. The van der Waals surface area contributed by atoms with Crippen molar-refractivity contribution in [2.75, 3.05) is 0 Å². The molecule has 0 aromatic heterocycles. The van der Waals surface area contributed by atoms with E-state index in [-0.39, 0.29) is 11.9 Å². The summed E-state index contributed by atoms with van der Waals surface area (Å²) >= 11 is 0. The van der Waals surface area contributed by atoms with Gasteiger partial charge in [0.1, 0.15) is 11.9 Å². The number of carboxylic acid groups (broad SMARTS) is 1. The summed E-state index contributed by atoms with van der Waals surface area (Å²) < 4.78 is 13.4. The number of halogens is 1. The van der Waals surface area contributed by atoms with Gasteiger partial charge in [0.2, 0.25) is 0 Å². The SMILES string of the molecule is CCC(NC(C)c1ccccc1F)C(=O)O. The van der Waals surface area contributed by atoms with Crippen LogP contribution in [0.3, 0.4) is 0 Å². The van der Waals surface area contributed by atoms with E-state index in [0.717, 1.165) is 0 Å². The van der Waals surface area contributed by atoms with Crippen molar-refractivity contribution in [2.45, 2.75) is 32.4 Å². The van der Waals surface area contributed by atoms with Gasteiger partial charge in [0.15, 0.2) is 0 Å². The molecule has 88 valence electrons. The predicted molar refractivity (Wildman–Crippen MR) is 59.7 cm³/mol. The van der Waals surface area contributed by atoms with Crippen molar-refractivity contribution in [1.29, 1.82) is 0 Å². The largest absolute Gasteiger partial charge is 0.480 e. The van der Waals surface area contributed by atoms with Crippen LogP contribution in [0.1, 0.15) is 31.9 Å². The van der Waals surface area contributed by atoms with Crippen LogP contribution in [0.15, 0.2) is 24.3 Å². The van der Waals surface area contributed by atoms with Crippen LogP contribution in [-0.4, -0.2) is 17.1 Å². The van der Waals surface area contributed by atoms with E-state index in [1.807, 2.05) is 0 Å². The molecular weight excluding hydrogens is 209 g/mol. The fraction of sp³-hybridized carbons (Fsp3) is 0.417. The maximum atomic E-state index is 13.4. The third-order valence-corrected chi connectivity index (χ3v) is 2.53. The van der Waals surface area contributed by atoms with E-state index < -0.39 is 12.0 Å². The van der Waals surface area contributed by atoms with Crippen LogP contribution in [0.5, 0.6) is 0 Å². The molecule has 0 aliphatic heterocycles. The van der Waals surface area contributed by atoms with Crippen molar-refractivity contribution in [2.24, 2.45) is 0 Å². The molecule has 0 radical (unpaired) electrons. The lowest BCUT2D eigenvalue weighted by atomic mass is 10.1. The number of rotatable bonds is 5. The van der Waals surface area contributed by atoms with Crippen molar-refractivity contribution in [3.8, 4) is 0 Å². The molecule has 0 amide bonds. The second-order valence-corrected chi connectivity index (χ2v) is 3.71. The van der Waals surface area contributed by atoms with Crippen LogP contribution < -0.4 is 5.32 Å². The van der Waals surface area contributed by atoms with Gasteiger partial charge in [-0.2, -0.15) is 0 Å². The predicted octanol–water partition coefficient (Wildman–Crippen LogP) is 2.34. The zero-order valence-electron chi connectivity index (χ0n) is 9.40. The van der Waals surface area contributed by atoms with Crippen LogP contribution >= 0.6 is 0 Å². The Labute approximate surface area is 94.3 Å². The lowest BCUT2D eigenvalue weighted by Crippen LogP contribution is -2.37. The number of carboxylic acids is 1. The smallest absolute Gasteiger partial charge is 0.320 e. The van der Waals surface area contributed by atoms with Crippen molar-refractivity contribution in [3.63, 3.8) is 0 Å². The molecule has 0 aliphatic carbocycles. The summed E-state index contributed by atoms with van der Waals surface area (Å²) in [5, 5.41) is 11.8. The molecule has 1 rings (SSSR count). The van der Waals surface area contributed by atoms with Gasteiger partial charge < -0.3 is 5.11 Å². The quantitative estimate of drug-likeness (QED) is 0.808. The van der Waals surface area contributed by atoms with Gasteiger partial charge in [-0.15, -0.1) is 0 Å². The summed E-state index contributed by atoms with van der Waals surface area (Å²) in [7, 11) is 0. The van der Waals surface area contributed by atoms with Gasteiger partial charge in [-0.1, -0.05) is 25.1 Å². The standard InChI is InChI=1S/C12H16FNO2/c1-3-11(12(15)16)14-8(2)9-6-4-5-7-10(9)13/h4-8,11,14H,3H2,1-2H3,(H,15,16). The average molecular weight is 225 g/mol. The number of aliphatic carboxylic acids is 1. The number of hydrogen-bond acceptors (Lipinski definition) is 2. The Morgan fingerprint density at radius 3 is 2.62 bits per heavy atom. The third kappa shape index (κ3) is 3.03. The maximum Gasteiger partial charge on any atom is 0.320 e. The highest BCUT2D eigenvalue weighted by molar-refractivity contribution is 5.73. The van der Waals surface area contributed by atoms with E-state index in [1.165, 1.54) is 6.07 Å². The molecule has 2 N–H and O–H groups in total. The summed E-state index contributed by atoms with van der Waals surface area (Å²) in [6, 6.07) is 5.41. The third-order valence-electron chi connectivity index (χ3n) is 2.53. The van der Waals surface area contributed by atoms with Crippen molar-refractivity contribution >= 4 is 5.97 Å². The molecule has 2 unspecified atom stereocenters. The molecule has 4 heteroatoms. The lowest BCUT2D eigenvalue weighted by molar-refractivity contribution is -0.139. The number of benzene rings is 1. The molecule has 1 aromatic rings. The van der Waals surface area contributed by atoms with E-state index >= 15 is 0 Å². The minimum atomic E-state index is -0.911. The second kappa shape index (κ2) is 5.61. The Balaban J connectivity index is 2.75. The number of nitrogens with one attached hydrogen (secondary N) is 1. The highest BCUT2D eigenvalue weighted by Crippen LogP contribution is 2.17. The molecule has 0 heterocycles. The summed E-state index contributed by atoms with van der Waals surface area (Å²) in [5.41, 5.74) is 0.488. The molecular formula is C12H16FNO2.